The maximum absolute atomic E-state index is 12.7. The molecule has 2 amide bonds. The Morgan fingerprint density at radius 3 is 2.61 bits per heavy atom. The Hall–Kier alpha value is -2.83. The van der Waals surface area contributed by atoms with Gasteiger partial charge in [0.25, 0.3) is 5.91 Å². The van der Waals surface area contributed by atoms with Gasteiger partial charge in [0.1, 0.15) is 6.04 Å². The first-order chi connectivity index (χ1) is 13.5. The van der Waals surface area contributed by atoms with Gasteiger partial charge in [-0.25, -0.2) is 0 Å². The van der Waals surface area contributed by atoms with Gasteiger partial charge in [-0.3, -0.25) is 9.59 Å². The van der Waals surface area contributed by atoms with Crippen molar-refractivity contribution in [2.75, 3.05) is 6.54 Å². The molecule has 0 saturated carbocycles. The van der Waals surface area contributed by atoms with E-state index in [0.29, 0.717) is 17.0 Å². The minimum absolute atomic E-state index is 0.102. The minimum Gasteiger partial charge on any atom is -0.392 e. The number of hydrogen-bond donors (Lipinski definition) is 4. The summed E-state index contributed by atoms with van der Waals surface area (Å²) in [6.07, 6.45) is 1.45. The average molecular weight is 400 g/mol. The van der Waals surface area contributed by atoms with Crippen molar-refractivity contribution in [3.63, 3.8) is 0 Å². The molecule has 3 rings (SSSR count). The number of para-hydroxylation sites is 1. The van der Waals surface area contributed by atoms with Crippen LogP contribution in [0.3, 0.4) is 0 Å². The van der Waals surface area contributed by atoms with Crippen molar-refractivity contribution in [1.29, 1.82) is 0 Å². The fourth-order valence-corrected chi connectivity index (χ4v) is 3.20. The minimum atomic E-state index is -0.818. The van der Waals surface area contributed by atoms with E-state index in [0.717, 1.165) is 16.5 Å². The lowest BCUT2D eigenvalue weighted by atomic mass is 10.0. The Bertz CT molecular complexity index is 984. The molecule has 7 heteroatoms. The highest BCUT2D eigenvalue weighted by atomic mass is 35.5. The molecule has 0 bridgehead atoms. The number of aromatic nitrogens is 1. The molecule has 0 aliphatic rings. The van der Waals surface area contributed by atoms with E-state index in [9.17, 15) is 14.7 Å². The predicted octanol–water partition coefficient (Wildman–Crippen LogP) is 2.66. The maximum Gasteiger partial charge on any atom is 0.253 e. The van der Waals surface area contributed by atoms with Gasteiger partial charge >= 0.3 is 0 Å². The Kier molecular flexibility index (Phi) is 6.34. The number of hydrogen-bond acceptors (Lipinski definition) is 3. The lowest BCUT2D eigenvalue weighted by Gasteiger charge is -2.19. The average Bonchev–Trinajstić information content (AvgIpc) is 3.09. The van der Waals surface area contributed by atoms with Crippen LogP contribution in [-0.2, 0) is 11.2 Å². The maximum atomic E-state index is 12.7. The first-order valence-corrected chi connectivity index (χ1v) is 9.39. The molecule has 1 heterocycles. The van der Waals surface area contributed by atoms with E-state index in [1.54, 1.807) is 31.2 Å². The molecule has 0 spiro atoms. The van der Waals surface area contributed by atoms with Crippen molar-refractivity contribution in [1.82, 2.24) is 15.6 Å². The largest absolute Gasteiger partial charge is 0.392 e. The molecule has 146 valence electrons. The number of halogens is 1. The van der Waals surface area contributed by atoms with Gasteiger partial charge in [-0.1, -0.05) is 41.9 Å². The molecule has 28 heavy (non-hydrogen) atoms. The van der Waals surface area contributed by atoms with Gasteiger partial charge in [-0.05, 0) is 30.7 Å². The normalized spacial score (nSPS) is 13.1. The number of carbonyl (C=O) groups is 2. The lowest BCUT2D eigenvalue weighted by molar-refractivity contribution is -0.123. The molecule has 2 aromatic carbocycles. The van der Waals surface area contributed by atoms with E-state index < -0.39 is 18.1 Å². The predicted molar refractivity (Wildman–Crippen MR) is 109 cm³/mol. The second kappa shape index (κ2) is 8.91. The fourth-order valence-electron chi connectivity index (χ4n) is 2.98. The molecule has 1 aromatic heterocycles. The number of fused-ring (bicyclic) bond motifs is 1. The van der Waals surface area contributed by atoms with Crippen LogP contribution in [0.5, 0.6) is 0 Å². The Balaban J connectivity index is 1.83. The Morgan fingerprint density at radius 1 is 1.14 bits per heavy atom. The van der Waals surface area contributed by atoms with Crippen LogP contribution in [-0.4, -0.2) is 40.6 Å². The van der Waals surface area contributed by atoms with E-state index in [2.05, 4.69) is 15.6 Å². The molecule has 0 fully saturated rings. The molecule has 0 saturated heterocycles. The Labute approximate surface area is 167 Å². The third-order valence-electron chi connectivity index (χ3n) is 4.41. The van der Waals surface area contributed by atoms with Crippen LogP contribution >= 0.6 is 11.6 Å². The molecule has 2 atom stereocenters. The van der Waals surface area contributed by atoms with Gasteiger partial charge in [0.2, 0.25) is 5.91 Å². The van der Waals surface area contributed by atoms with E-state index in [1.165, 1.54) is 0 Å². The number of benzene rings is 2. The number of H-pyrrole nitrogens is 1. The van der Waals surface area contributed by atoms with Gasteiger partial charge < -0.3 is 20.7 Å². The van der Waals surface area contributed by atoms with Crippen molar-refractivity contribution in [3.05, 3.63) is 70.9 Å². The highest BCUT2D eigenvalue weighted by Crippen LogP contribution is 2.20. The SMILES string of the molecule is CC(O)CNC(=O)C(Cc1c[nH]c2ccccc12)NC(=O)c1ccccc1Cl. The monoisotopic (exact) mass is 399 g/mol. The van der Waals surface area contributed by atoms with E-state index in [4.69, 9.17) is 11.6 Å². The zero-order valence-electron chi connectivity index (χ0n) is 15.4. The molecular formula is C21H22ClN3O3. The first kappa shape index (κ1) is 19.9. The summed E-state index contributed by atoms with van der Waals surface area (Å²) in [7, 11) is 0. The Morgan fingerprint density at radius 2 is 1.86 bits per heavy atom. The number of aromatic amines is 1. The molecule has 3 aromatic rings. The zero-order chi connectivity index (χ0) is 20.1. The summed E-state index contributed by atoms with van der Waals surface area (Å²) in [6.45, 7) is 1.68. The molecule has 2 unspecified atom stereocenters. The number of amides is 2. The summed E-state index contributed by atoms with van der Waals surface area (Å²) in [6, 6.07) is 13.6. The van der Waals surface area contributed by atoms with E-state index in [1.807, 2.05) is 30.5 Å². The van der Waals surface area contributed by atoms with E-state index >= 15 is 0 Å². The van der Waals surface area contributed by atoms with Crippen molar-refractivity contribution < 1.29 is 14.7 Å². The summed E-state index contributed by atoms with van der Waals surface area (Å²) in [5, 5.41) is 16.2. The third kappa shape index (κ3) is 4.71. The summed E-state index contributed by atoms with van der Waals surface area (Å²) < 4.78 is 0. The topological polar surface area (TPSA) is 94.2 Å². The third-order valence-corrected chi connectivity index (χ3v) is 4.74. The molecular weight excluding hydrogens is 378 g/mol. The quantitative estimate of drug-likeness (QED) is 0.492. The van der Waals surface area contributed by atoms with Crippen LogP contribution in [0.4, 0.5) is 0 Å². The highest BCUT2D eigenvalue weighted by Gasteiger charge is 2.24. The smallest absolute Gasteiger partial charge is 0.253 e. The number of carbonyl (C=O) groups excluding carboxylic acids is 2. The second-order valence-electron chi connectivity index (χ2n) is 6.66. The van der Waals surface area contributed by atoms with Crippen molar-refractivity contribution in [2.24, 2.45) is 0 Å². The first-order valence-electron chi connectivity index (χ1n) is 9.02. The van der Waals surface area contributed by atoms with Crippen LogP contribution in [0.1, 0.15) is 22.8 Å². The molecule has 6 nitrogen and oxygen atoms in total. The highest BCUT2D eigenvalue weighted by molar-refractivity contribution is 6.33. The van der Waals surface area contributed by atoms with Gasteiger partial charge in [-0.2, -0.15) is 0 Å². The summed E-state index contributed by atoms with van der Waals surface area (Å²) >= 11 is 6.11. The fraction of sp³-hybridized carbons (Fsp3) is 0.238. The van der Waals surface area contributed by atoms with Gasteiger partial charge in [0.05, 0.1) is 16.7 Å². The summed E-state index contributed by atoms with van der Waals surface area (Å²) in [4.78, 5) is 28.5. The van der Waals surface area contributed by atoms with Crippen LogP contribution in [0.15, 0.2) is 54.7 Å². The second-order valence-corrected chi connectivity index (χ2v) is 7.07. The van der Waals surface area contributed by atoms with E-state index in [-0.39, 0.29) is 12.5 Å². The summed E-state index contributed by atoms with van der Waals surface area (Å²) in [5.74, 6) is -0.797. The van der Waals surface area contributed by atoms with Crippen LogP contribution < -0.4 is 10.6 Å². The number of nitrogens with one attached hydrogen (secondary N) is 3. The number of rotatable bonds is 7. The molecule has 0 radical (unpaired) electrons. The standard InChI is InChI=1S/C21H22ClN3O3/c1-13(26)11-24-21(28)19(25-20(27)16-7-2-4-8-17(16)22)10-14-12-23-18-9-5-3-6-15(14)18/h2-9,12-13,19,23,26H,10-11H2,1H3,(H,24,28)(H,25,27). The van der Waals surface area contributed by atoms with Gasteiger partial charge in [0, 0.05) is 30.1 Å². The van der Waals surface area contributed by atoms with Crippen LogP contribution in [0.2, 0.25) is 5.02 Å². The molecule has 0 aliphatic carbocycles. The zero-order valence-corrected chi connectivity index (χ0v) is 16.2. The van der Waals surface area contributed by atoms with Crippen LogP contribution in [0.25, 0.3) is 10.9 Å². The van der Waals surface area contributed by atoms with Crippen molar-refractivity contribution >= 4 is 34.3 Å². The number of aliphatic hydroxyl groups is 1. The van der Waals surface area contributed by atoms with Crippen molar-refractivity contribution in [2.45, 2.75) is 25.5 Å². The summed E-state index contributed by atoms with van der Waals surface area (Å²) in [5.41, 5.74) is 2.17. The molecule has 4 N–H and O–H groups in total. The number of aliphatic hydroxyl groups excluding tert-OH is 1. The van der Waals surface area contributed by atoms with Crippen LogP contribution in [0, 0.1) is 0 Å². The van der Waals surface area contributed by atoms with Gasteiger partial charge in [-0.15, -0.1) is 0 Å². The molecule has 0 aliphatic heterocycles. The van der Waals surface area contributed by atoms with Gasteiger partial charge in [0.15, 0.2) is 0 Å². The lowest BCUT2D eigenvalue weighted by Crippen LogP contribution is -2.49. The van der Waals surface area contributed by atoms with Crippen molar-refractivity contribution in [3.8, 4) is 0 Å².